The third-order valence-electron chi connectivity index (χ3n) is 6.61. The van der Waals surface area contributed by atoms with Gasteiger partial charge in [-0.05, 0) is 63.8 Å². The van der Waals surface area contributed by atoms with Gasteiger partial charge < -0.3 is 10.4 Å². The largest absolute Gasteiger partial charge is 0.386 e. The van der Waals surface area contributed by atoms with Gasteiger partial charge in [0, 0.05) is 0 Å². The Morgan fingerprint density at radius 2 is 1.85 bits per heavy atom. The van der Waals surface area contributed by atoms with Crippen molar-refractivity contribution in [2.45, 2.75) is 50.5 Å². The van der Waals surface area contributed by atoms with Crippen molar-refractivity contribution in [2.75, 3.05) is 5.32 Å². The average molecular weight is 442 g/mol. The summed E-state index contributed by atoms with van der Waals surface area (Å²) >= 11 is 0. The molecule has 168 valence electrons. The van der Waals surface area contributed by atoms with Gasteiger partial charge in [-0.3, -0.25) is 9.78 Å². The second-order valence-electron chi connectivity index (χ2n) is 8.78. The summed E-state index contributed by atoms with van der Waals surface area (Å²) < 4.78 is 1.74. The van der Waals surface area contributed by atoms with Gasteiger partial charge in [-0.2, -0.15) is 10.4 Å². The van der Waals surface area contributed by atoms with Crippen molar-refractivity contribution >= 4 is 11.6 Å². The molecule has 2 N–H and O–H groups in total. The van der Waals surface area contributed by atoms with Crippen LogP contribution in [0.25, 0.3) is 5.69 Å². The van der Waals surface area contributed by atoms with Gasteiger partial charge in [0.1, 0.15) is 0 Å². The number of rotatable bonds is 5. The molecule has 0 unspecified atom stereocenters. The number of hydrogen-bond donors (Lipinski definition) is 2. The van der Waals surface area contributed by atoms with Crippen LogP contribution in [-0.4, -0.2) is 31.4 Å². The molecule has 2 heterocycles. The Morgan fingerprint density at radius 1 is 1.15 bits per heavy atom. The Bertz CT molecular complexity index is 1210. The summed E-state index contributed by atoms with van der Waals surface area (Å²) in [6.45, 7) is 7.57. The van der Waals surface area contributed by atoms with E-state index in [0.29, 0.717) is 42.6 Å². The van der Waals surface area contributed by atoms with Crippen LogP contribution < -0.4 is 5.32 Å². The number of nitriles is 1. The van der Waals surface area contributed by atoms with E-state index in [1.807, 2.05) is 38.1 Å². The zero-order valence-corrected chi connectivity index (χ0v) is 18.9. The van der Waals surface area contributed by atoms with E-state index >= 15 is 0 Å². The first kappa shape index (κ1) is 22.4. The molecule has 0 atom stereocenters. The van der Waals surface area contributed by atoms with Crippen LogP contribution in [0.2, 0.25) is 0 Å². The molecule has 2 aromatic heterocycles. The molecule has 0 radical (unpaired) electrons. The third kappa shape index (κ3) is 4.30. The molecule has 1 aliphatic rings. The van der Waals surface area contributed by atoms with Crippen LogP contribution in [0.1, 0.15) is 53.0 Å². The first-order valence-electron chi connectivity index (χ1n) is 11.0. The second kappa shape index (κ2) is 8.64. The summed E-state index contributed by atoms with van der Waals surface area (Å²) in [5, 5.41) is 27.5. The highest BCUT2D eigenvalue weighted by Gasteiger charge is 2.42. The van der Waals surface area contributed by atoms with Crippen molar-refractivity contribution in [3.05, 3.63) is 84.0 Å². The molecule has 7 nitrogen and oxygen atoms in total. The molecule has 1 aromatic carbocycles. The van der Waals surface area contributed by atoms with Crippen LogP contribution in [0.15, 0.2) is 61.4 Å². The van der Waals surface area contributed by atoms with Crippen LogP contribution in [0, 0.1) is 25.2 Å². The summed E-state index contributed by atoms with van der Waals surface area (Å²) in [6, 6.07) is 13.9. The van der Waals surface area contributed by atoms with Gasteiger partial charge in [0.25, 0.3) is 5.91 Å². The maximum atomic E-state index is 12.9. The lowest BCUT2D eigenvalue weighted by molar-refractivity contribution is 0.0354. The summed E-state index contributed by atoms with van der Waals surface area (Å²) in [5.74, 6) is -0.274. The van der Waals surface area contributed by atoms with Crippen LogP contribution in [-0.2, 0) is 5.41 Å². The highest BCUT2D eigenvalue weighted by molar-refractivity contribution is 6.04. The Hall–Kier alpha value is -3.76. The van der Waals surface area contributed by atoms with E-state index in [-0.39, 0.29) is 5.91 Å². The van der Waals surface area contributed by atoms with E-state index in [1.54, 1.807) is 35.3 Å². The Labute approximate surface area is 193 Å². The number of anilines is 1. The Morgan fingerprint density at radius 3 is 2.42 bits per heavy atom. The van der Waals surface area contributed by atoms with Crippen molar-refractivity contribution < 1.29 is 9.90 Å². The van der Waals surface area contributed by atoms with Crippen molar-refractivity contribution in [1.82, 2.24) is 14.8 Å². The zero-order chi connectivity index (χ0) is 23.6. The number of carbonyl (C=O) groups is 1. The highest BCUT2D eigenvalue weighted by Crippen LogP contribution is 2.42. The molecule has 7 heteroatoms. The molecule has 0 bridgehead atoms. The van der Waals surface area contributed by atoms with Gasteiger partial charge in [-0.1, -0.05) is 23.8 Å². The van der Waals surface area contributed by atoms with Crippen LogP contribution in [0.3, 0.4) is 0 Å². The van der Waals surface area contributed by atoms with Crippen molar-refractivity contribution in [1.29, 1.82) is 5.26 Å². The molecule has 4 rings (SSSR count). The first-order valence-corrected chi connectivity index (χ1v) is 11.0. The fourth-order valence-electron chi connectivity index (χ4n) is 4.27. The molecule has 33 heavy (non-hydrogen) atoms. The van der Waals surface area contributed by atoms with Gasteiger partial charge in [-0.25, -0.2) is 4.68 Å². The average Bonchev–Trinajstić information content (AvgIpc) is 3.22. The number of aliphatic hydroxyl groups is 1. The van der Waals surface area contributed by atoms with E-state index in [0.717, 1.165) is 16.9 Å². The minimum absolute atomic E-state index is 0.274. The van der Waals surface area contributed by atoms with Gasteiger partial charge in [0.05, 0.1) is 57.8 Å². The number of carbonyl (C=O) groups excluding carboxylic acids is 1. The van der Waals surface area contributed by atoms with E-state index in [1.165, 1.54) is 0 Å². The number of hydrogen-bond acceptors (Lipinski definition) is 5. The fourth-order valence-corrected chi connectivity index (χ4v) is 4.27. The zero-order valence-electron chi connectivity index (χ0n) is 18.9. The molecule has 1 aliphatic carbocycles. The molecule has 1 fully saturated rings. The standard InChI is InChI=1S/C26H27N5O2/c1-4-26(33)13-11-25(17-27,12-14-26)23-10-7-20(15-28-23)30-24(32)22-16-29-31(19(22)3)21-8-5-18(2)6-9-21/h4-10,15-16,33H,1,11-14H2,2-3H3,(H,30,32). The summed E-state index contributed by atoms with van der Waals surface area (Å²) in [5.41, 5.74) is 2.78. The maximum Gasteiger partial charge on any atom is 0.259 e. The number of nitrogens with zero attached hydrogens (tertiary/aromatic N) is 4. The number of amides is 1. The smallest absolute Gasteiger partial charge is 0.259 e. The molecule has 0 aliphatic heterocycles. The molecular formula is C26H27N5O2. The highest BCUT2D eigenvalue weighted by atomic mass is 16.3. The molecule has 1 saturated carbocycles. The van der Waals surface area contributed by atoms with Gasteiger partial charge in [0.15, 0.2) is 0 Å². The summed E-state index contributed by atoms with van der Waals surface area (Å²) in [7, 11) is 0. The van der Waals surface area contributed by atoms with Crippen LogP contribution in [0.5, 0.6) is 0 Å². The number of aryl methyl sites for hydroxylation is 1. The third-order valence-corrected chi connectivity index (χ3v) is 6.61. The van der Waals surface area contributed by atoms with Crippen LogP contribution >= 0.6 is 0 Å². The second-order valence-corrected chi connectivity index (χ2v) is 8.78. The molecule has 3 aromatic rings. The van der Waals surface area contributed by atoms with E-state index < -0.39 is 11.0 Å². The number of aromatic nitrogens is 3. The minimum Gasteiger partial charge on any atom is -0.386 e. The molecule has 0 spiro atoms. The maximum absolute atomic E-state index is 12.9. The van der Waals surface area contributed by atoms with Crippen LogP contribution in [0.4, 0.5) is 5.69 Å². The lowest BCUT2D eigenvalue weighted by atomic mass is 9.67. The minimum atomic E-state index is -0.921. The van der Waals surface area contributed by atoms with E-state index in [4.69, 9.17) is 0 Å². The Kier molecular flexibility index (Phi) is 5.88. The molecular weight excluding hydrogens is 414 g/mol. The number of benzene rings is 1. The first-order chi connectivity index (χ1) is 15.8. The fraction of sp³-hybridized carbons (Fsp3) is 0.308. The monoisotopic (exact) mass is 441 g/mol. The van der Waals surface area contributed by atoms with Crippen molar-refractivity contribution in [3.8, 4) is 11.8 Å². The lowest BCUT2D eigenvalue weighted by Gasteiger charge is -2.38. The summed E-state index contributed by atoms with van der Waals surface area (Å²) in [6.07, 6.45) is 6.62. The van der Waals surface area contributed by atoms with Crippen molar-refractivity contribution in [3.63, 3.8) is 0 Å². The van der Waals surface area contributed by atoms with E-state index in [9.17, 15) is 15.2 Å². The van der Waals surface area contributed by atoms with Gasteiger partial charge >= 0.3 is 0 Å². The van der Waals surface area contributed by atoms with Gasteiger partial charge in [0.2, 0.25) is 0 Å². The molecule has 1 amide bonds. The Balaban J connectivity index is 1.49. The number of nitrogens with one attached hydrogen (secondary N) is 1. The quantitative estimate of drug-likeness (QED) is 0.572. The topological polar surface area (TPSA) is 104 Å². The van der Waals surface area contributed by atoms with E-state index in [2.05, 4.69) is 28.0 Å². The molecule has 0 saturated heterocycles. The predicted octanol–water partition coefficient (Wildman–Crippen LogP) is 4.39. The summed E-state index contributed by atoms with van der Waals surface area (Å²) in [4.78, 5) is 17.3. The number of pyridine rings is 1. The lowest BCUT2D eigenvalue weighted by Crippen LogP contribution is -2.39. The van der Waals surface area contributed by atoms with Gasteiger partial charge in [-0.15, -0.1) is 6.58 Å². The normalized spacial score (nSPS) is 22.4. The predicted molar refractivity (Wildman–Crippen MR) is 126 cm³/mol. The van der Waals surface area contributed by atoms with Crippen molar-refractivity contribution in [2.24, 2.45) is 0 Å². The SMILES string of the molecule is C=CC1(O)CCC(C#N)(c2ccc(NC(=O)c3cnn(-c4ccc(C)cc4)c3C)cn2)CC1.